The Balaban J connectivity index is 1.51. The molecule has 0 radical (unpaired) electrons. The lowest BCUT2D eigenvalue weighted by Crippen LogP contribution is -2.15. The first-order valence-corrected chi connectivity index (χ1v) is 12.1. The zero-order valence-electron chi connectivity index (χ0n) is 21.4. The first kappa shape index (κ1) is 24.1. The smallest absolute Gasteiger partial charge is 0.259 e. The first-order valence-electron chi connectivity index (χ1n) is 12.1. The predicted molar refractivity (Wildman–Crippen MR) is 145 cm³/mol. The Morgan fingerprint density at radius 2 is 1.57 bits per heavy atom. The van der Waals surface area contributed by atoms with Gasteiger partial charge in [-0.15, -0.1) is 0 Å². The number of amides is 1. The highest BCUT2D eigenvalue weighted by atomic mass is 16.5. The normalized spacial score (nSPS) is 10.9. The Morgan fingerprint density at radius 1 is 0.865 bits per heavy atom. The zero-order chi connectivity index (χ0) is 25.9. The summed E-state index contributed by atoms with van der Waals surface area (Å²) >= 11 is 0. The molecule has 7 nitrogen and oxygen atoms in total. The van der Waals surface area contributed by atoms with Crippen molar-refractivity contribution in [2.75, 3.05) is 12.4 Å². The summed E-state index contributed by atoms with van der Waals surface area (Å²) in [7, 11) is 1.65. The van der Waals surface area contributed by atoms with E-state index in [-0.39, 0.29) is 5.91 Å². The van der Waals surface area contributed by atoms with E-state index in [0.29, 0.717) is 23.5 Å². The first-order chi connectivity index (χ1) is 18.0. The average molecular weight is 492 g/mol. The Morgan fingerprint density at radius 3 is 2.27 bits per heavy atom. The van der Waals surface area contributed by atoms with Crippen molar-refractivity contribution < 1.29 is 9.53 Å². The monoisotopic (exact) mass is 491 g/mol. The van der Waals surface area contributed by atoms with Crippen molar-refractivity contribution in [2.24, 2.45) is 0 Å². The number of nitrogens with zero attached hydrogens (tertiary/aromatic N) is 4. The lowest BCUT2D eigenvalue weighted by molar-refractivity contribution is 0.102. The second-order valence-corrected chi connectivity index (χ2v) is 8.93. The van der Waals surface area contributed by atoms with Crippen LogP contribution in [0.3, 0.4) is 0 Å². The van der Waals surface area contributed by atoms with Gasteiger partial charge >= 0.3 is 0 Å². The van der Waals surface area contributed by atoms with E-state index in [0.717, 1.165) is 39.6 Å². The third-order valence-electron chi connectivity index (χ3n) is 6.48. The molecule has 2 aromatic heterocycles. The van der Waals surface area contributed by atoms with Gasteiger partial charge in [0.15, 0.2) is 0 Å². The standard InChI is InChI=1S/C30H29N5O2/c1-20-28(22(3)34(32-20)19-23-12-11-17-26(18-23)37-4)31-30(36)27-21(2)35(25-15-9-6-10-16-25)33-29(27)24-13-7-5-8-14-24/h5-18H,19H2,1-4H3,(H,31,36). The summed E-state index contributed by atoms with van der Waals surface area (Å²) in [6.07, 6.45) is 0. The van der Waals surface area contributed by atoms with Gasteiger partial charge < -0.3 is 10.1 Å². The second-order valence-electron chi connectivity index (χ2n) is 8.93. The van der Waals surface area contributed by atoms with Crippen LogP contribution in [-0.2, 0) is 6.54 Å². The van der Waals surface area contributed by atoms with Gasteiger partial charge in [-0.05, 0) is 50.6 Å². The fraction of sp³-hybridized carbons (Fsp3) is 0.167. The van der Waals surface area contributed by atoms with Crippen molar-refractivity contribution >= 4 is 11.6 Å². The largest absolute Gasteiger partial charge is 0.497 e. The number of carbonyl (C=O) groups is 1. The third kappa shape index (κ3) is 4.76. The lowest BCUT2D eigenvalue weighted by Gasteiger charge is -2.09. The van der Waals surface area contributed by atoms with Crippen molar-refractivity contribution in [3.8, 4) is 22.7 Å². The van der Waals surface area contributed by atoms with Crippen LogP contribution in [0.5, 0.6) is 5.75 Å². The van der Waals surface area contributed by atoms with E-state index < -0.39 is 0 Å². The summed E-state index contributed by atoms with van der Waals surface area (Å²) in [5.74, 6) is 0.581. The number of anilines is 1. The number of ether oxygens (including phenoxy) is 1. The quantitative estimate of drug-likeness (QED) is 0.304. The number of aryl methyl sites for hydroxylation is 1. The van der Waals surface area contributed by atoms with Gasteiger partial charge in [0.2, 0.25) is 0 Å². The molecule has 0 aliphatic heterocycles. The third-order valence-corrected chi connectivity index (χ3v) is 6.48. The Labute approximate surface area is 216 Å². The van der Waals surface area contributed by atoms with Crippen LogP contribution in [-0.4, -0.2) is 32.6 Å². The summed E-state index contributed by atoms with van der Waals surface area (Å²) in [6, 6.07) is 27.5. The van der Waals surface area contributed by atoms with Crippen LogP contribution < -0.4 is 10.1 Å². The van der Waals surface area contributed by atoms with E-state index in [1.165, 1.54) is 0 Å². The molecule has 0 aliphatic rings. The molecular weight excluding hydrogens is 462 g/mol. The van der Waals surface area contributed by atoms with Crippen LogP contribution in [0.2, 0.25) is 0 Å². The molecule has 3 aromatic carbocycles. The number of rotatable bonds is 7. The highest BCUT2D eigenvalue weighted by Gasteiger charge is 2.25. The molecule has 2 heterocycles. The number of para-hydroxylation sites is 1. The fourth-order valence-corrected chi connectivity index (χ4v) is 4.54. The molecule has 5 aromatic rings. The predicted octanol–water partition coefficient (Wildman–Crippen LogP) is 5.97. The summed E-state index contributed by atoms with van der Waals surface area (Å²) in [6.45, 7) is 6.37. The molecule has 0 saturated heterocycles. The van der Waals surface area contributed by atoms with Gasteiger partial charge in [-0.1, -0.05) is 60.7 Å². The van der Waals surface area contributed by atoms with Crippen LogP contribution in [0, 0.1) is 20.8 Å². The number of benzene rings is 3. The van der Waals surface area contributed by atoms with E-state index in [9.17, 15) is 4.79 Å². The number of nitrogens with one attached hydrogen (secondary N) is 1. The molecule has 0 bridgehead atoms. The molecule has 1 N–H and O–H groups in total. The molecular formula is C30H29N5O2. The molecule has 0 atom stereocenters. The van der Waals surface area contributed by atoms with Gasteiger partial charge in [-0.3, -0.25) is 9.48 Å². The van der Waals surface area contributed by atoms with Gasteiger partial charge in [0.05, 0.1) is 47.7 Å². The Bertz CT molecular complexity index is 1550. The van der Waals surface area contributed by atoms with E-state index in [1.54, 1.807) is 7.11 Å². The minimum atomic E-state index is -0.217. The number of hydrogen-bond acceptors (Lipinski definition) is 4. The summed E-state index contributed by atoms with van der Waals surface area (Å²) < 4.78 is 9.08. The molecule has 186 valence electrons. The highest BCUT2D eigenvalue weighted by Crippen LogP contribution is 2.29. The average Bonchev–Trinajstić information content (AvgIpc) is 3.41. The summed E-state index contributed by atoms with van der Waals surface area (Å²) in [5, 5.41) is 12.7. The van der Waals surface area contributed by atoms with Crippen molar-refractivity contribution in [1.29, 1.82) is 0 Å². The maximum absolute atomic E-state index is 13.8. The summed E-state index contributed by atoms with van der Waals surface area (Å²) in [5.41, 5.74) is 7.12. The molecule has 0 spiro atoms. The van der Waals surface area contributed by atoms with E-state index in [4.69, 9.17) is 14.9 Å². The second kappa shape index (κ2) is 10.1. The number of methoxy groups -OCH3 is 1. The van der Waals surface area contributed by atoms with Crippen molar-refractivity contribution in [3.63, 3.8) is 0 Å². The van der Waals surface area contributed by atoms with E-state index in [1.807, 2.05) is 115 Å². The molecule has 0 aliphatic carbocycles. The van der Waals surface area contributed by atoms with Crippen LogP contribution in [0.1, 0.15) is 33.0 Å². The van der Waals surface area contributed by atoms with Crippen LogP contribution in [0.15, 0.2) is 84.9 Å². The molecule has 7 heteroatoms. The van der Waals surface area contributed by atoms with Gasteiger partial charge in [-0.2, -0.15) is 10.2 Å². The summed E-state index contributed by atoms with van der Waals surface area (Å²) in [4.78, 5) is 13.8. The zero-order valence-corrected chi connectivity index (χ0v) is 21.4. The van der Waals surface area contributed by atoms with Crippen molar-refractivity contribution in [3.05, 3.63) is 113 Å². The van der Waals surface area contributed by atoms with Crippen molar-refractivity contribution in [2.45, 2.75) is 27.3 Å². The van der Waals surface area contributed by atoms with E-state index in [2.05, 4.69) is 5.32 Å². The topological polar surface area (TPSA) is 74.0 Å². The lowest BCUT2D eigenvalue weighted by atomic mass is 10.1. The SMILES string of the molecule is COc1cccc(Cn2nc(C)c(NC(=O)c3c(-c4ccccc4)nn(-c4ccccc4)c3C)c2C)c1. The molecule has 37 heavy (non-hydrogen) atoms. The molecule has 0 fully saturated rings. The van der Waals surface area contributed by atoms with Crippen molar-refractivity contribution in [1.82, 2.24) is 19.6 Å². The molecule has 0 saturated carbocycles. The van der Waals surface area contributed by atoms with Crippen LogP contribution >= 0.6 is 0 Å². The number of carbonyl (C=O) groups excluding carboxylic acids is 1. The number of aromatic nitrogens is 4. The Hall–Kier alpha value is -4.65. The van der Waals surface area contributed by atoms with Crippen LogP contribution in [0.25, 0.3) is 16.9 Å². The maximum Gasteiger partial charge on any atom is 0.259 e. The highest BCUT2D eigenvalue weighted by molar-refractivity contribution is 6.09. The minimum absolute atomic E-state index is 0.217. The van der Waals surface area contributed by atoms with Gasteiger partial charge in [0.25, 0.3) is 5.91 Å². The molecule has 5 rings (SSSR count). The fourth-order valence-electron chi connectivity index (χ4n) is 4.54. The van der Waals surface area contributed by atoms with Crippen LogP contribution in [0.4, 0.5) is 5.69 Å². The number of hydrogen-bond donors (Lipinski definition) is 1. The Kier molecular flexibility index (Phi) is 6.60. The molecule has 0 unspecified atom stereocenters. The van der Waals surface area contributed by atoms with E-state index >= 15 is 0 Å². The van der Waals surface area contributed by atoms with Gasteiger partial charge in [-0.25, -0.2) is 4.68 Å². The van der Waals surface area contributed by atoms with Gasteiger partial charge in [0, 0.05) is 5.56 Å². The maximum atomic E-state index is 13.8. The minimum Gasteiger partial charge on any atom is -0.497 e. The van der Waals surface area contributed by atoms with Gasteiger partial charge in [0.1, 0.15) is 11.4 Å². The molecule has 1 amide bonds.